The maximum absolute atomic E-state index is 13.3. The molecule has 3 rings (SSSR count). The Morgan fingerprint density at radius 2 is 1.81 bits per heavy atom. The highest BCUT2D eigenvalue weighted by molar-refractivity contribution is 7.86. The van der Waals surface area contributed by atoms with Gasteiger partial charge in [0.25, 0.3) is 11.6 Å². The van der Waals surface area contributed by atoms with Crippen molar-refractivity contribution >= 4 is 33.3 Å². The van der Waals surface area contributed by atoms with Crippen molar-refractivity contribution in [3.63, 3.8) is 0 Å². The number of rotatable bonds is 7. The zero-order valence-corrected chi connectivity index (χ0v) is 18.0. The smallest absolute Gasteiger partial charge is 0.318 e. The number of nitrogens with two attached hydrogens (primary N) is 1. The maximum atomic E-state index is 13.3. The van der Waals surface area contributed by atoms with Gasteiger partial charge in [-0.05, 0) is 44.0 Å². The van der Waals surface area contributed by atoms with E-state index in [4.69, 9.17) is 10.0 Å². The molecule has 0 spiro atoms. The molecule has 0 unspecified atom stereocenters. The number of likely N-dealkylation sites (tertiary alicyclic amines) is 1. The molecule has 12 heteroatoms. The zero-order chi connectivity index (χ0) is 23.5. The molecule has 1 atom stereocenters. The molecule has 1 fully saturated rings. The van der Waals surface area contributed by atoms with Gasteiger partial charge < -0.3 is 10.6 Å². The first-order chi connectivity index (χ1) is 15.1. The zero-order valence-electron chi connectivity index (χ0n) is 17.2. The Balaban J connectivity index is 1.99. The summed E-state index contributed by atoms with van der Waals surface area (Å²) in [6, 6.07) is 9.49. The minimum absolute atomic E-state index is 0.0386. The SMILES string of the molecule is Cc1ccc(S(=O)(=O)ON(C(=O)[C@@H]2CCCN2C(=O)CN)c2ccc([N+](=O)[O-])cc2)cc1. The summed E-state index contributed by atoms with van der Waals surface area (Å²) < 4.78 is 30.9. The summed E-state index contributed by atoms with van der Waals surface area (Å²) in [5.41, 5.74) is 5.97. The molecule has 2 aromatic rings. The number of hydroxylamine groups is 1. The number of anilines is 1. The molecule has 2 N–H and O–H groups in total. The molecule has 32 heavy (non-hydrogen) atoms. The summed E-state index contributed by atoms with van der Waals surface area (Å²) in [6.45, 7) is 1.78. The Labute approximate surface area is 184 Å². The molecule has 0 bridgehead atoms. The number of amides is 2. The van der Waals surface area contributed by atoms with Crippen molar-refractivity contribution in [2.45, 2.75) is 30.7 Å². The van der Waals surface area contributed by atoms with E-state index in [1.165, 1.54) is 29.2 Å². The molecule has 0 radical (unpaired) electrons. The van der Waals surface area contributed by atoms with E-state index in [-0.39, 0.29) is 22.8 Å². The van der Waals surface area contributed by atoms with Crippen LogP contribution in [0.15, 0.2) is 53.4 Å². The fraction of sp³-hybridized carbons (Fsp3) is 0.300. The van der Waals surface area contributed by atoms with Gasteiger partial charge in [-0.3, -0.25) is 19.7 Å². The number of nitro benzene ring substituents is 1. The predicted octanol–water partition coefficient (Wildman–Crippen LogP) is 1.51. The summed E-state index contributed by atoms with van der Waals surface area (Å²) in [6.07, 6.45) is 0.822. The van der Waals surface area contributed by atoms with Crippen LogP contribution in [-0.2, 0) is 24.0 Å². The predicted molar refractivity (Wildman–Crippen MR) is 114 cm³/mol. The number of hydrogen-bond acceptors (Lipinski definition) is 8. The quantitative estimate of drug-likeness (QED) is 0.480. The van der Waals surface area contributed by atoms with Crippen molar-refractivity contribution in [1.29, 1.82) is 0 Å². The van der Waals surface area contributed by atoms with Gasteiger partial charge in [0.2, 0.25) is 5.91 Å². The van der Waals surface area contributed by atoms with Crippen LogP contribution < -0.4 is 10.8 Å². The van der Waals surface area contributed by atoms with Crippen molar-refractivity contribution in [3.8, 4) is 0 Å². The van der Waals surface area contributed by atoms with E-state index < -0.39 is 32.9 Å². The Kier molecular flexibility index (Phi) is 6.87. The number of carbonyl (C=O) groups excluding carboxylic acids is 2. The number of carbonyl (C=O) groups is 2. The summed E-state index contributed by atoms with van der Waals surface area (Å²) >= 11 is 0. The maximum Gasteiger partial charge on any atom is 0.318 e. The topological polar surface area (TPSA) is 153 Å². The number of nitro groups is 1. The fourth-order valence-corrected chi connectivity index (χ4v) is 4.25. The number of aryl methyl sites for hydroxylation is 1. The molecule has 2 amide bonds. The van der Waals surface area contributed by atoms with Crippen LogP contribution in [0, 0.1) is 17.0 Å². The van der Waals surface area contributed by atoms with Crippen LogP contribution in [0.5, 0.6) is 0 Å². The highest BCUT2D eigenvalue weighted by atomic mass is 32.2. The minimum atomic E-state index is -4.43. The van der Waals surface area contributed by atoms with Crippen LogP contribution in [0.3, 0.4) is 0 Å². The van der Waals surface area contributed by atoms with Gasteiger partial charge in [0.05, 0.1) is 22.1 Å². The molecule has 1 aliphatic rings. The highest BCUT2D eigenvalue weighted by Crippen LogP contribution is 2.27. The lowest BCUT2D eigenvalue weighted by Gasteiger charge is -2.28. The monoisotopic (exact) mass is 462 g/mol. The van der Waals surface area contributed by atoms with Crippen molar-refractivity contribution in [2.24, 2.45) is 5.73 Å². The van der Waals surface area contributed by atoms with Gasteiger partial charge in [-0.15, -0.1) is 4.28 Å². The van der Waals surface area contributed by atoms with Crippen molar-refractivity contribution < 1.29 is 27.2 Å². The minimum Gasteiger partial charge on any atom is -0.329 e. The van der Waals surface area contributed by atoms with Crippen molar-refractivity contribution in [2.75, 3.05) is 18.2 Å². The first-order valence-corrected chi connectivity index (χ1v) is 11.1. The summed E-state index contributed by atoms with van der Waals surface area (Å²) in [5, 5.41) is 11.5. The Hall–Kier alpha value is -3.35. The van der Waals surface area contributed by atoms with Crippen molar-refractivity contribution in [1.82, 2.24) is 4.90 Å². The Morgan fingerprint density at radius 1 is 1.19 bits per heavy atom. The average Bonchev–Trinajstić information content (AvgIpc) is 3.27. The molecule has 2 aromatic carbocycles. The van der Waals surface area contributed by atoms with Crippen LogP contribution in [0.4, 0.5) is 11.4 Å². The van der Waals surface area contributed by atoms with Crippen LogP contribution in [0.25, 0.3) is 0 Å². The van der Waals surface area contributed by atoms with E-state index in [0.717, 1.165) is 17.7 Å². The summed E-state index contributed by atoms with van der Waals surface area (Å²) in [4.78, 5) is 36.9. The number of non-ortho nitro benzene ring substituents is 1. The largest absolute Gasteiger partial charge is 0.329 e. The van der Waals surface area contributed by atoms with Crippen molar-refractivity contribution in [3.05, 3.63) is 64.2 Å². The second-order valence-corrected chi connectivity index (χ2v) is 8.73. The highest BCUT2D eigenvalue weighted by Gasteiger charge is 2.39. The third kappa shape index (κ3) is 4.93. The second-order valence-electron chi connectivity index (χ2n) is 7.20. The molecule has 170 valence electrons. The van der Waals surface area contributed by atoms with E-state index in [1.807, 2.05) is 0 Å². The fourth-order valence-electron chi connectivity index (χ4n) is 3.34. The Morgan fingerprint density at radius 3 is 2.38 bits per heavy atom. The van der Waals surface area contributed by atoms with Gasteiger partial charge in [0, 0.05) is 18.7 Å². The Bertz CT molecular complexity index is 1120. The lowest BCUT2D eigenvalue weighted by molar-refractivity contribution is -0.384. The van der Waals surface area contributed by atoms with E-state index >= 15 is 0 Å². The van der Waals surface area contributed by atoms with Gasteiger partial charge in [-0.25, -0.2) is 0 Å². The first kappa shape index (κ1) is 23.3. The van der Waals surface area contributed by atoms with Gasteiger partial charge in [-0.2, -0.15) is 13.5 Å². The molecule has 1 aliphatic heterocycles. The third-order valence-corrected chi connectivity index (χ3v) is 6.21. The van der Waals surface area contributed by atoms with E-state index in [2.05, 4.69) is 0 Å². The van der Waals surface area contributed by atoms with Crippen LogP contribution in [0.2, 0.25) is 0 Å². The van der Waals surface area contributed by atoms with Crippen LogP contribution in [0.1, 0.15) is 18.4 Å². The van der Waals surface area contributed by atoms with E-state index in [0.29, 0.717) is 24.4 Å². The van der Waals surface area contributed by atoms with E-state index in [9.17, 15) is 28.1 Å². The lowest BCUT2D eigenvalue weighted by Crippen LogP contribution is -2.50. The van der Waals surface area contributed by atoms with E-state index in [1.54, 1.807) is 19.1 Å². The van der Waals surface area contributed by atoms with Crippen LogP contribution in [-0.4, -0.2) is 49.2 Å². The number of hydrogen-bond donors (Lipinski definition) is 1. The normalized spacial score (nSPS) is 16.1. The molecule has 0 saturated carbocycles. The molecule has 11 nitrogen and oxygen atoms in total. The average molecular weight is 462 g/mol. The third-order valence-electron chi connectivity index (χ3n) is 5.01. The summed E-state index contributed by atoms with van der Waals surface area (Å²) in [7, 11) is -4.43. The molecular formula is C20H22N4O7S. The van der Waals surface area contributed by atoms with Crippen LogP contribution >= 0.6 is 0 Å². The second kappa shape index (κ2) is 9.42. The lowest BCUT2D eigenvalue weighted by atomic mass is 10.2. The standard InChI is InChI=1S/C20H22N4O7S/c1-14-4-10-17(11-5-14)32(29,30)31-23(15-6-8-16(9-7-15)24(27)28)20(26)18-3-2-12-22(18)19(25)13-21/h4-11,18H,2-3,12-13,21H2,1H3/t18-/m0/s1. The van der Waals surface area contributed by atoms with Gasteiger partial charge in [-0.1, -0.05) is 17.7 Å². The first-order valence-electron chi connectivity index (χ1n) is 9.73. The van der Waals surface area contributed by atoms with Gasteiger partial charge in [0.1, 0.15) is 6.04 Å². The van der Waals surface area contributed by atoms with Gasteiger partial charge in [0.15, 0.2) is 0 Å². The molecule has 1 saturated heterocycles. The summed E-state index contributed by atoms with van der Waals surface area (Å²) in [5.74, 6) is -1.25. The molecular weight excluding hydrogens is 440 g/mol. The number of nitrogens with zero attached hydrogens (tertiary/aromatic N) is 3. The molecule has 0 aliphatic carbocycles. The molecule has 0 aromatic heterocycles. The molecule has 1 heterocycles. The van der Waals surface area contributed by atoms with Gasteiger partial charge >= 0.3 is 10.1 Å². The number of benzene rings is 2.